The molecule has 2 nitrogen and oxygen atoms in total. The summed E-state index contributed by atoms with van der Waals surface area (Å²) in [6.45, 7) is 4.20. The second-order valence-electron chi connectivity index (χ2n) is 4.98. The highest BCUT2D eigenvalue weighted by atomic mass is 32.2. The fourth-order valence-corrected chi connectivity index (χ4v) is 4.40. The van der Waals surface area contributed by atoms with Crippen molar-refractivity contribution in [2.45, 2.75) is 12.5 Å². The van der Waals surface area contributed by atoms with Crippen LogP contribution in [0.1, 0.15) is 12.5 Å². The summed E-state index contributed by atoms with van der Waals surface area (Å²) < 4.78 is 0. The van der Waals surface area contributed by atoms with Gasteiger partial charge in [0.25, 0.3) is 0 Å². The predicted octanol–water partition coefficient (Wildman–Crippen LogP) is 2.30. The van der Waals surface area contributed by atoms with Crippen molar-refractivity contribution < 1.29 is 4.90 Å². The molecule has 1 N–H and O–H groups in total. The van der Waals surface area contributed by atoms with Crippen molar-refractivity contribution in [3.63, 3.8) is 0 Å². The molecule has 1 aromatic rings. The lowest BCUT2D eigenvalue weighted by Crippen LogP contribution is -3.20. The summed E-state index contributed by atoms with van der Waals surface area (Å²) in [5, 5.41) is 12.2. The summed E-state index contributed by atoms with van der Waals surface area (Å²) in [5.74, 6) is 2.27. The molecule has 2 rings (SSSR count). The summed E-state index contributed by atoms with van der Waals surface area (Å²) in [4.78, 5) is 1.38. The van der Waals surface area contributed by atoms with Gasteiger partial charge in [0.2, 0.25) is 5.54 Å². The van der Waals surface area contributed by atoms with Crippen molar-refractivity contribution in [1.82, 2.24) is 0 Å². The molecule has 106 valence electrons. The average Bonchev–Trinajstić information content (AvgIpc) is 2.51. The first kappa shape index (κ1) is 15.5. The Hall–Kier alpha value is -0.890. The molecule has 4 heteroatoms. The molecule has 1 heterocycles. The van der Waals surface area contributed by atoms with E-state index in [1.807, 2.05) is 30.0 Å². The fourth-order valence-electron chi connectivity index (χ4n) is 2.89. The van der Waals surface area contributed by atoms with Gasteiger partial charge in [0, 0.05) is 22.6 Å². The first-order chi connectivity index (χ1) is 9.75. The Bertz CT molecular complexity index is 501. The molecular weight excluding hydrogens is 284 g/mol. The molecule has 20 heavy (non-hydrogen) atoms. The molecule has 0 spiro atoms. The molecule has 0 aromatic heterocycles. The highest BCUT2D eigenvalue weighted by Crippen LogP contribution is 2.28. The number of hydrogen-bond acceptors (Lipinski definition) is 3. The van der Waals surface area contributed by atoms with Crippen LogP contribution in [-0.2, 0) is 5.54 Å². The lowest BCUT2D eigenvalue weighted by Gasteiger charge is -2.38. The molecule has 0 amide bonds. The van der Waals surface area contributed by atoms with Crippen LogP contribution in [0.3, 0.4) is 0 Å². The molecular formula is C16H21N2S2+. The van der Waals surface area contributed by atoms with Gasteiger partial charge in [0.05, 0.1) is 13.1 Å². The monoisotopic (exact) mass is 305 g/mol. The largest absolute Gasteiger partial charge is 0.309 e. The van der Waals surface area contributed by atoms with Gasteiger partial charge < -0.3 is 4.90 Å². The van der Waals surface area contributed by atoms with E-state index in [-0.39, 0.29) is 0 Å². The summed E-state index contributed by atoms with van der Waals surface area (Å²) >= 11 is 3.67. The van der Waals surface area contributed by atoms with Crippen LogP contribution in [0.4, 0.5) is 0 Å². The Kier molecular flexibility index (Phi) is 5.59. The van der Waals surface area contributed by atoms with Gasteiger partial charge in [0.1, 0.15) is 6.07 Å². The number of nitriles is 1. The molecule has 0 radical (unpaired) electrons. The second kappa shape index (κ2) is 7.21. The lowest BCUT2D eigenvalue weighted by molar-refractivity contribution is -0.941. The fraction of sp³-hybridized carbons (Fsp3) is 0.438. The average molecular weight is 305 g/mol. The van der Waals surface area contributed by atoms with Crippen LogP contribution >= 0.6 is 23.5 Å². The van der Waals surface area contributed by atoms with Crippen molar-refractivity contribution >= 4 is 23.5 Å². The van der Waals surface area contributed by atoms with Crippen LogP contribution in [-0.4, -0.2) is 30.9 Å². The van der Waals surface area contributed by atoms with Crippen LogP contribution in [0, 0.1) is 11.3 Å². The first-order valence-electron chi connectivity index (χ1n) is 6.85. The van der Waals surface area contributed by atoms with Gasteiger partial charge in [-0.2, -0.15) is 17.0 Å². The molecule has 1 fully saturated rings. The van der Waals surface area contributed by atoms with Gasteiger partial charge in [-0.3, -0.25) is 0 Å². The number of nitrogens with one attached hydrogen (secondary N) is 1. The zero-order chi connectivity index (χ0) is 14.4. The third-order valence-corrected chi connectivity index (χ3v) is 5.46. The summed E-state index contributed by atoms with van der Waals surface area (Å²) in [5.41, 5.74) is 1.73. The van der Waals surface area contributed by atoms with Crippen LogP contribution in [0.2, 0.25) is 0 Å². The molecule has 0 bridgehead atoms. The normalized spacial score (nSPS) is 20.1. The summed E-state index contributed by atoms with van der Waals surface area (Å²) in [6, 6.07) is 12.9. The Labute approximate surface area is 130 Å². The summed E-state index contributed by atoms with van der Waals surface area (Å²) in [7, 11) is 0. The van der Waals surface area contributed by atoms with E-state index < -0.39 is 5.54 Å². The number of rotatable bonds is 4. The van der Waals surface area contributed by atoms with E-state index in [2.05, 4.69) is 36.8 Å². The summed E-state index contributed by atoms with van der Waals surface area (Å²) in [6.07, 6.45) is 2.05. The Balaban J connectivity index is 2.52. The topological polar surface area (TPSA) is 28.2 Å². The van der Waals surface area contributed by atoms with E-state index in [1.54, 1.807) is 11.8 Å². The van der Waals surface area contributed by atoms with E-state index in [0.717, 1.165) is 35.7 Å². The van der Waals surface area contributed by atoms with Crippen LogP contribution in [0.15, 0.2) is 41.3 Å². The Morgan fingerprint density at radius 1 is 1.35 bits per heavy atom. The van der Waals surface area contributed by atoms with Crippen molar-refractivity contribution in [3.8, 4) is 6.07 Å². The maximum atomic E-state index is 10.1. The van der Waals surface area contributed by atoms with Crippen molar-refractivity contribution in [2.75, 3.05) is 30.9 Å². The molecule has 1 aromatic carbocycles. The number of nitrogens with zero attached hydrogens (tertiary/aromatic N) is 1. The van der Waals surface area contributed by atoms with Crippen molar-refractivity contribution in [2.24, 2.45) is 0 Å². The molecule has 0 aliphatic carbocycles. The van der Waals surface area contributed by atoms with E-state index in [1.165, 1.54) is 4.90 Å². The molecule has 1 saturated heterocycles. The molecule has 1 aliphatic heterocycles. The lowest BCUT2D eigenvalue weighted by atomic mass is 9.83. The minimum absolute atomic E-state index is 0.536. The van der Waals surface area contributed by atoms with Gasteiger partial charge in [-0.1, -0.05) is 30.3 Å². The van der Waals surface area contributed by atoms with E-state index in [0.29, 0.717) is 0 Å². The SMILES string of the molecule is CS/C=C(/C)[C@@](C#N)(c1ccccc1)[NH+]1CCSCC1. The van der Waals surface area contributed by atoms with Gasteiger partial charge in [-0.25, -0.2) is 0 Å². The first-order valence-corrected chi connectivity index (χ1v) is 9.29. The highest BCUT2D eigenvalue weighted by molar-refractivity contribution is 8.01. The molecule has 0 unspecified atom stereocenters. The van der Waals surface area contributed by atoms with Crippen LogP contribution in [0.25, 0.3) is 0 Å². The zero-order valence-corrected chi connectivity index (χ0v) is 13.7. The van der Waals surface area contributed by atoms with Crippen molar-refractivity contribution in [3.05, 3.63) is 46.9 Å². The quantitative estimate of drug-likeness (QED) is 0.925. The van der Waals surface area contributed by atoms with E-state index in [9.17, 15) is 5.26 Å². The predicted molar refractivity (Wildman–Crippen MR) is 89.0 cm³/mol. The number of benzene rings is 1. The van der Waals surface area contributed by atoms with Crippen LogP contribution < -0.4 is 4.90 Å². The van der Waals surface area contributed by atoms with Gasteiger partial charge >= 0.3 is 0 Å². The van der Waals surface area contributed by atoms with E-state index >= 15 is 0 Å². The van der Waals surface area contributed by atoms with Gasteiger partial charge in [0.15, 0.2) is 0 Å². The number of hydrogen-bond donors (Lipinski definition) is 1. The van der Waals surface area contributed by atoms with Gasteiger partial charge in [-0.15, -0.1) is 11.8 Å². The third-order valence-electron chi connectivity index (χ3n) is 3.89. The highest BCUT2D eigenvalue weighted by Gasteiger charge is 2.45. The van der Waals surface area contributed by atoms with Crippen molar-refractivity contribution in [1.29, 1.82) is 5.26 Å². The maximum absolute atomic E-state index is 10.1. The Morgan fingerprint density at radius 2 is 2.00 bits per heavy atom. The Morgan fingerprint density at radius 3 is 2.55 bits per heavy atom. The van der Waals surface area contributed by atoms with Gasteiger partial charge in [-0.05, 0) is 18.6 Å². The zero-order valence-electron chi connectivity index (χ0n) is 12.1. The standard InChI is InChI=1S/C16H20N2S2/c1-14(12-19-2)16(13-17,15-6-4-3-5-7-15)18-8-10-20-11-9-18/h3-7,12H,8-11H2,1-2H3/p+1/b14-12-/t16-/m0/s1. The third kappa shape index (κ3) is 2.90. The number of thioether (sulfide) groups is 2. The molecule has 1 aliphatic rings. The van der Waals surface area contributed by atoms with E-state index in [4.69, 9.17) is 0 Å². The minimum Gasteiger partial charge on any atom is -0.309 e. The second-order valence-corrected chi connectivity index (χ2v) is 6.91. The smallest absolute Gasteiger partial charge is 0.232 e. The number of quaternary nitrogens is 1. The van der Waals surface area contributed by atoms with Crippen LogP contribution in [0.5, 0.6) is 0 Å². The molecule has 1 atom stereocenters. The molecule has 0 saturated carbocycles. The maximum Gasteiger partial charge on any atom is 0.232 e. The minimum atomic E-state index is -0.536.